The van der Waals surface area contributed by atoms with Crippen LogP contribution in [0.5, 0.6) is 0 Å². The molecule has 0 aliphatic heterocycles. The van der Waals surface area contributed by atoms with Crippen LogP contribution in [0.15, 0.2) is 29.3 Å². The molecule has 5 nitrogen and oxygen atoms in total. The molecular weight excluding hydrogens is 320 g/mol. The fourth-order valence-electron chi connectivity index (χ4n) is 2.45. The summed E-state index contributed by atoms with van der Waals surface area (Å²) in [5, 5.41) is 9.58. The topological polar surface area (TPSA) is 65.5 Å². The molecule has 0 saturated heterocycles. The molecule has 0 spiro atoms. The highest BCUT2D eigenvalue weighted by Gasteiger charge is 2.25. The molecular formula is C18H28N4OS. The Balaban J connectivity index is 1.91. The van der Waals surface area contributed by atoms with E-state index in [0.717, 1.165) is 48.9 Å². The summed E-state index contributed by atoms with van der Waals surface area (Å²) in [5.41, 5.74) is 1.95. The van der Waals surface area contributed by atoms with Gasteiger partial charge in [-0.2, -0.15) is 11.8 Å². The smallest absolute Gasteiger partial charge is 0.227 e. The van der Waals surface area contributed by atoms with E-state index in [2.05, 4.69) is 34.1 Å². The molecule has 0 atom stereocenters. The van der Waals surface area contributed by atoms with Crippen molar-refractivity contribution in [2.24, 2.45) is 10.9 Å². The first-order valence-corrected chi connectivity index (χ1v) is 10.0. The van der Waals surface area contributed by atoms with E-state index in [0.29, 0.717) is 6.54 Å². The van der Waals surface area contributed by atoms with Crippen molar-refractivity contribution in [1.29, 1.82) is 0 Å². The summed E-state index contributed by atoms with van der Waals surface area (Å²) in [6.45, 7) is 4.37. The quantitative estimate of drug-likeness (QED) is 0.384. The minimum Gasteiger partial charge on any atom is -0.357 e. The maximum absolute atomic E-state index is 12.0. The molecule has 0 heterocycles. The van der Waals surface area contributed by atoms with Gasteiger partial charge in [-0.1, -0.05) is 18.6 Å². The van der Waals surface area contributed by atoms with E-state index in [4.69, 9.17) is 0 Å². The molecule has 0 radical (unpaired) electrons. The fourth-order valence-corrected chi connectivity index (χ4v) is 2.75. The van der Waals surface area contributed by atoms with Crippen LogP contribution in [0, 0.1) is 5.92 Å². The average molecular weight is 349 g/mol. The Bertz CT molecular complexity index is 558. The molecule has 6 heteroatoms. The van der Waals surface area contributed by atoms with Crippen molar-refractivity contribution in [1.82, 2.24) is 10.6 Å². The zero-order valence-electron chi connectivity index (χ0n) is 14.6. The van der Waals surface area contributed by atoms with Crippen molar-refractivity contribution in [2.45, 2.75) is 32.7 Å². The maximum atomic E-state index is 12.0. The first-order valence-electron chi connectivity index (χ1n) is 8.64. The third kappa shape index (κ3) is 6.07. The fraction of sp³-hybridized carbons (Fsp3) is 0.556. The number of hydrogen-bond acceptors (Lipinski definition) is 3. The van der Waals surface area contributed by atoms with Gasteiger partial charge in [0, 0.05) is 30.4 Å². The Morgan fingerprint density at radius 2 is 2.17 bits per heavy atom. The first-order chi connectivity index (χ1) is 11.7. The number of nitrogens with zero attached hydrogens (tertiary/aromatic N) is 1. The first kappa shape index (κ1) is 18.6. The van der Waals surface area contributed by atoms with E-state index >= 15 is 0 Å². The molecule has 1 aromatic carbocycles. The van der Waals surface area contributed by atoms with Gasteiger partial charge in [0.05, 0.1) is 6.54 Å². The normalized spacial score (nSPS) is 14.8. The molecule has 1 aliphatic rings. The summed E-state index contributed by atoms with van der Waals surface area (Å²) < 4.78 is 0. The summed E-state index contributed by atoms with van der Waals surface area (Å²) >= 11 is 1.81. The van der Waals surface area contributed by atoms with Crippen LogP contribution in [-0.2, 0) is 11.3 Å². The van der Waals surface area contributed by atoms with Crippen molar-refractivity contribution >= 4 is 29.3 Å². The van der Waals surface area contributed by atoms with Crippen molar-refractivity contribution in [3.63, 3.8) is 0 Å². The number of hydrogen-bond donors (Lipinski definition) is 3. The third-order valence-corrected chi connectivity index (χ3v) is 4.65. The number of guanidine groups is 1. The summed E-state index contributed by atoms with van der Waals surface area (Å²) in [7, 11) is 0. The van der Waals surface area contributed by atoms with Crippen molar-refractivity contribution < 1.29 is 4.79 Å². The highest BCUT2D eigenvalue weighted by Crippen LogP contribution is 2.27. The molecule has 3 N–H and O–H groups in total. The van der Waals surface area contributed by atoms with Gasteiger partial charge in [-0.25, -0.2) is 4.99 Å². The maximum Gasteiger partial charge on any atom is 0.227 e. The molecule has 1 aromatic rings. The minimum absolute atomic E-state index is 0.147. The monoisotopic (exact) mass is 348 g/mol. The van der Waals surface area contributed by atoms with Crippen LogP contribution < -0.4 is 16.0 Å². The molecule has 2 rings (SSSR count). The van der Waals surface area contributed by atoms with Gasteiger partial charge in [0.15, 0.2) is 5.96 Å². The van der Waals surface area contributed by atoms with Gasteiger partial charge in [-0.05, 0) is 43.7 Å². The second-order valence-corrected chi connectivity index (χ2v) is 6.92. The lowest BCUT2D eigenvalue weighted by atomic mass is 9.85. The number of anilines is 1. The van der Waals surface area contributed by atoms with Crippen LogP contribution in [0.25, 0.3) is 0 Å². The zero-order chi connectivity index (χ0) is 17.2. The number of aliphatic imine (C=N–C) groups is 1. The van der Waals surface area contributed by atoms with Gasteiger partial charge in [0.2, 0.25) is 5.91 Å². The van der Waals surface area contributed by atoms with Crippen LogP contribution in [0.4, 0.5) is 5.69 Å². The summed E-state index contributed by atoms with van der Waals surface area (Å²) in [4.78, 5) is 16.7. The van der Waals surface area contributed by atoms with Crippen LogP contribution in [-0.4, -0.2) is 37.0 Å². The average Bonchev–Trinajstić information content (AvgIpc) is 2.51. The third-order valence-electron chi connectivity index (χ3n) is 4.03. The second-order valence-electron chi connectivity index (χ2n) is 5.93. The summed E-state index contributed by atoms with van der Waals surface area (Å²) in [5.74, 6) is 2.23. The number of thioether (sulfide) groups is 1. The van der Waals surface area contributed by atoms with Gasteiger partial charge in [0.25, 0.3) is 0 Å². The zero-order valence-corrected chi connectivity index (χ0v) is 15.4. The Morgan fingerprint density at radius 3 is 2.83 bits per heavy atom. The largest absolute Gasteiger partial charge is 0.357 e. The van der Waals surface area contributed by atoms with E-state index < -0.39 is 0 Å². The molecule has 0 unspecified atom stereocenters. The highest BCUT2D eigenvalue weighted by atomic mass is 32.2. The lowest BCUT2D eigenvalue weighted by Crippen LogP contribution is -2.38. The van der Waals surface area contributed by atoms with Gasteiger partial charge < -0.3 is 16.0 Å². The number of rotatable bonds is 8. The van der Waals surface area contributed by atoms with Crippen LogP contribution in [0.3, 0.4) is 0 Å². The van der Waals surface area contributed by atoms with Crippen LogP contribution in [0.2, 0.25) is 0 Å². The van der Waals surface area contributed by atoms with Crippen LogP contribution in [0.1, 0.15) is 31.7 Å². The molecule has 132 valence electrons. The molecule has 1 aliphatic carbocycles. The van der Waals surface area contributed by atoms with Gasteiger partial charge in [-0.3, -0.25) is 4.79 Å². The Hall–Kier alpha value is -1.69. The van der Waals surface area contributed by atoms with Gasteiger partial charge in [-0.15, -0.1) is 0 Å². The van der Waals surface area contributed by atoms with Gasteiger partial charge >= 0.3 is 0 Å². The molecule has 0 bridgehead atoms. The number of benzene rings is 1. The molecule has 1 amide bonds. The minimum atomic E-state index is 0.147. The Morgan fingerprint density at radius 1 is 1.33 bits per heavy atom. The second kappa shape index (κ2) is 10.2. The van der Waals surface area contributed by atoms with E-state index in [1.807, 2.05) is 36.0 Å². The predicted octanol–water partition coefficient (Wildman–Crippen LogP) is 2.84. The number of amides is 1. The summed E-state index contributed by atoms with van der Waals surface area (Å²) in [6, 6.07) is 7.94. The standard InChI is InChI=1S/C18H28N4OS/c1-3-19-18(20-10-11-24-2)21-13-14-6-4-9-16(12-14)22-17(23)15-7-5-8-15/h4,6,9,12,15H,3,5,7-8,10-11,13H2,1-2H3,(H,22,23)(H2,19,20,21). The van der Waals surface area contributed by atoms with Crippen LogP contribution >= 0.6 is 11.8 Å². The van der Waals surface area contributed by atoms with E-state index in [-0.39, 0.29) is 11.8 Å². The Kier molecular flexibility index (Phi) is 7.95. The van der Waals surface area contributed by atoms with Crippen molar-refractivity contribution in [3.05, 3.63) is 29.8 Å². The van der Waals surface area contributed by atoms with E-state index in [1.54, 1.807) is 0 Å². The lowest BCUT2D eigenvalue weighted by Gasteiger charge is -2.24. The molecule has 24 heavy (non-hydrogen) atoms. The number of carbonyl (C=O) groups excluding carboxylic acids is 1. The SMILES string of the molecule is CCNC(=NCc1cccc(NC(=O)C2CCC2)c1)NCCSC. The van der Waals surface area contributed by atoms with Crippen molar-refractivity contribution in [2.75, 3.05) is 30.4 Å². The number of nitrogens with one attached hydrogen (secondary N) is 3. The predicted molar refractivity (Wildman–Crippen MR) is 104 cm³/mol. The van der Waals surface area contributed by atoms with E-state index in [1.165, 1.54) is 6.42 Å². The number of carbonyl (C=O) groups is 1. The van der Waals surface area contributed by atoms with E-state index in [9.17, 15) is 4.79 Å². The molecule has 1 fully saturated rings. The highest BCUT2D eigenvalue weighted by molar-refractivity contribution is 7.98. The lowest BCUT2D eigenvalue weighted by molar-refractivity contribution is -0.122. The van der Waals surface area contributed by atoms with Crippen molar-refractivity contribution in [3.8, 4) is 0 Å². The molecule has 1 saturated carbocycles. The molecule has 0 aromatic heterocycles. The van der Waals surface area contributed by atoms with Gasteiger partial charge in [0.1, 0.15) is 0 Å². The summed E-state index contributed by atoms with van der Waals surface area (Å²) in [6.07, 6.45) is 5.30. The Labute approximate surface area is 149 Å².